The van der Waals surface area contributed by atoms with Crippen LogP contribution in [0.25, 0.3) is 0 Å². The lowest BCUT2D eigenvalue weighted by molar-refractivity contribution is -0.136. The lowest BCUT2D eigenvalue weighted by Crippen LogP contribution is -2.28. The van der Waals surface area contributed by atoms with Gasteiger partial charge in [-0.2, -0.15) is 0 Å². The van der Waals surface area contributed by atoms with E-state index < -0.39 is 70.3 Å². The Morgan fingerprint density at radius 2 is 1.42 bits per heavy atom. The van der Waals surface area contributed by atoms with Gasteiger partial charge in [0.15, 0.2) is 0 Å². The Hall–Kier alpha value is -4.19. The zero-order chi connectivity index (χ0) is 23.5. The topological polar surface area (TPSA) is 205 Å². The molecule has 0 heterocycles. The molecule has 0 bridgehead atoms. The van der Waals surface area contributed by atoms with Gasteiger partial charge in [0, 0.05) is 17.8 Å². The average Bonchev–Trinajstić information content (AvgIpc) is 2.67. The number of carbonyl (C=O) groups is 4. The summed E-state index contributed by atoms with van der Waals surface area (Å²) in [7, 11) is 0. The van der Waals surface area contributed by atoms with Crippen LogP contribution >= 0.6 is 11.6 Å². The number of halogens is 1. The molecule has 0 amide bonds. The van der Waals surface area contributed by atoms with Gasteiger partial charge in [0.1, 0.15) is 29.6 Å². The number of carboxylic acid groups (broad SMARTS) is 4. The van der Waals surface area contributed by atoms with E-state index in [-0.39, 0.29) is 11.4 Å². The Balaban J connectivity index is 2.80. The molecule has 2 aromatic carbocycles. The van der Waals surface area contributed by atoms with Crippen LogP contribution in [0.4, 0.5) is 17.1 Å². The van der Waals surface area contributed by atoms with Crippen molar-refractivity contribution in [1.29, 1.82) is 0 Å². The molecule has 0 unspecified atom stereocenters. The van der Waals surface area contributed by atoms with E-state index in [0.717, 1.165) is 29.2 Å². The highest BCUT2D eigenvalue weighted by Gasteiger charge is 2.29. The van der Waals surface area contributed by atoms with Crippen LogP contribution in [0.3, 0.4) is 0 Å². The van der Waals surface area contributed by atoms with Crippen molar-refractivity contribution in [1.82, 2.24) is 0 Å². The minimum Gasteiger partial charge on any atom is -0.506 e. The highest BCUT2D eigenvalue weighted by atomic mass is 35.5. The van der Waals surface area contributed by atoms with Crippen molar-refractivity contribution in [3.8, 4) is 11.5 Å². The first kappa shape index (κ1) is 23.1. The third-order valence-electron chi connectivity index (χ3n) is 3.96. The number of phenols is 2. The van der Waals surface area contributed by atoms with Crippen LogP contribution in [0.15, 0.2) is 24.3 Å². The second kappa shape index (κ2) is 9.09. The number of nitrogens with zero attached hydrogens (tertiary/aromatic N) is 1. The van der Waals surface area contributed by atoms with Gasteiger partial charge in [0.05, 0.1) is 22.5 Å². The molecule has 0 aromatic heterocycles. The van der Waals surface area contributed by atoms with Crippen molar-refractivity contribution in [3.05, 3.63) is 40.4 Å². The van der Waals surface area contributed by atoms with E-state index in [4.69, 9.17) is 16.7 Å². The largest absolute Gasteiger partial charge is 0.506 e. The van der Waals surface area contributed by atoms with E-state index in [0.29, 0.717) is 0 Å². The predicted octanol–water partition coefficient (Wildman–Crippen LogP) is 1.87. The number of nitrogens with one attached hydrogen (secondary N) is 1. The van der Waals surface area contributed by atoms with Crippen LogP contribution in [0.2, 0.25) is 5.02 Å². The fraction of sp³-hybridized carbons (Fsp3) is 0.111. The maximum absolute atomic E-state index is 11.9. The van der Waals surface area contributed by atoms with Crippen LogP contribution in [-0.2, 0) is 9.59 Å². The molecule has 2 rings (SSSR count). The predicted molar refractivity (Wildman–Crippen MR) is 106 cm³/mol. The minimum absolute atomic E-state index is 0.202. The number of rotatable bonds is 9. The third kappa shape index (κ3) is 5.05. The first-order valence-corrected chi connectivity index (χ1v) is 8.61. The van der Waals surface area contributed by atoms with E-state index >= 15 is 0 Å². The number of anilines is 3. The van der Waals surface area contributed by atoms with Crippen LogP contribution < -0.4 is 10.2 Å². The van der Waals surface area contributed by atoms with Crippen LogP contribution in [0, 0.1) is 0 Å². The Morgan fingerprint density at radius 3 is 1.87 bits per heavy atom. The Kier molecular flexibility index (Phi) is 6.77. The van der Waals surface area contributed by atoms with E-state index in [1.807, 2.05) is 0 Å². The minimum atomic E-state index is -1.75. The number of phenolic OH excluding ortho intramolecular Hbond substituents is 2. The number of benzene rings is 2. The molecule has 0 atom stereocenters. The Morgan fingerprint density at radius 1 is 0.871 bits per heavy atom. The summed E-state index contributed by atoms with van der Waals surface area (Å²) in [4.78, 5) is 46.8. The van der Waals surface area contributed by atoms with Crippen molar-refractivity contribution >= 4 is 52.5 Å². The molecular formula is C18H15ClN2O10. The molecule has 164 valence electrons. The summed E-state index contributed by atoms with van der Waals surface area (Å²) in [6, 6.07) is 4.03. The van der Waals surface area contributed by atoms with E-state index in [9.17, 15) is 44.7 Å². The molecule has 0 aliphatic rings. The Labute approximate surface area is 178 Å². The zero-order valence-corrected chi connectivity index (χ0v) is 16.1. The first-order chi connectivity index (χ1) is 14.4. The van der Waals surface area contributed by atoms with Crippen molar-refractivity contribution < 1.29 is 49.8 Å². The van der Waals surface area contributed by atoms with Crippen LogP contribution in [0.5, 0.6) is 11.5 Å². The highest BCUT2D eigenvalue weighted by molar-refractivity contribution is 6.33. The number of aromatic carboxylic acids is 2. The standard InChI is InChI=1S/C18H15ClN2O10/c19-16-10(22)3-7(4-11(16)23)21(6-13(26)27)9-2-1-8(20-5-12(24)25)14(17(28)29)15(9)18(30)31/h1-4,20,22-23H,5-6H2,(H,24,25)(H,26,27)(H,28,29)(H,30,31). The average molecular weight is 455 g/mol. The summed E-state index contributed by atoms with van der Waals surface area (Å²) in [6.07, 6.45) is 0. The molecule has 0 saturated heterocycles. The molecule has 0 aliphatic heterocycles. The number of aromatic hydroxyl groups is 2. The summed E-state index contributed by atoms with van der Waals surface area (Å²) in [5.74, 6) is -7.52. The molecule has 0 fully saturated rings. The summed E-state index contributed by atoms with van der Waals surface area (Å²) in [5.41, 5.74) is -2.60. The van der Waals surface area contributed by atoms with Gasteiger partial charge in [-0.15, -0.1) is 0 Å². The van der Waals surface area contributed by atoms with Gasteiger partial charge < -0.3 is 40.9 Å². The summed E-state index contributed by atoms with van der Waals surface area (Å²) in [6.45, 7) is -1.60. The molecule has 0 radical (unpaired) electrons. The van der Waals surface area contributed by atoms with Crippen molar-refractivity contribution in [2.24, 2.45) is 0 Å². The fourth-order valence-electron chi connectivity index (χ4n) is 2.76. The monoisotopic (exact) mass is 454 g/mol. The lowest BCUT2D eigenvalue weighted by Gasteiger charge is -2.26. The quantitative estimate of drug-likeness (QED) is 0.290. The number of carboxylic acids is 4. The third-order valence-corrected chi connectivity index (χ3v) is 4.34. The van der Waals surface area contributed by atoms with Gasteiger partial charge in [-0.05, 0) is 12.1 Å². The summed E-state index contributed by atoms with van der Waals surface area (Å²) < 4.78 is 0. The molecule has 0 saturated carbocycles. The SMILES string of the molecule is O=C(O)CNc1ccc(N(CC(=O)O)c2cc(O)c(Cl)c(O)c2)c(C(=O)O)c1C(=O)O. The number of aliphatic carboxylic acids is 2. The van der Waals surface area contributed by atoms with Gasteiger partial charge in [-0.3, -0.25) is 9.59 Å². The van der Waals surface area contributed by atoms with Crippen molar-refractivity contribution in [2.75, 3.05) is 23.3 Å². The molecular weight excluding hydrogens is 440 g/mol. The summed E-state index contributed by atoms with van der Waals surface area (Å²) in [5, 5.41) is 58.9. The van der Waals surface area contributed by atoms with E-state index in [1.165, 1.54) is 0 Å². The van der Waals surface area contributed by atoms with Crippen LogP contribution in [0.1, 0.15) is 20.7 Å². The molecule has 7 N–H and O–H groups in total. The Bertz CT molecular complexity index is 1060. The fourth-order valence-corrected chi connectivity index (χ4v) is 2.87. The van der Waals surface area contributed by atoms with E-state index in [2.05, 4.69) is 5.32 Å². The molecule has 12 nitrogen and oxygen atoms in total. The van der Waals surface area contributed by atoms with Gasteiger partial charge in [-0.25, -0.2) is 9.59 Å². The highest BCUT2D eigenvalue weighted by Crippen LogP contribution is 2.41. The molecule has 2 aromatic rings. The molecule has 0 aliphatic carbocycles. The number of hydrogen-bond donors (Lipinski definition) is 7. The van der Waals surface area contributed by atoms with Crippen molar-refractivity contribution in [2.45, 2.75) is 0 Å². The summed E-state index contributed by atoms with van der Waals surface area (Å²) >= 11 is 5.67. The van der Waals surface area contributed by atoms with E-state index in [1.54, 1.807) is 0 Å². The second-order valence-electron chi connectivity index (χ2n) is 6.02. The molecule has 31 heavy (non-hydrogen) atoms. The maximum atomic E-state index is 11.9. The van der Waals surface area contributed by atoms with Gasteiger partial charge in [0.25, 0.3) is 0 Å². The maximum Gasteiger partial charge on any atom is 0.338 e. The normalized spacial score (nSPS) is 10.4. The molecule has 0 spiro atoms. The smallest absolute Gasteiger partial charge is 0.338 e. The van der Waals surface area contributed by atoms with Crippen LogP contribution in [-0.4, -0.2) is 67.6 Å². The lowest BCUT2D eigenvalue weighted by atomic mass is 10.0. The van der Waals surface area contributed by atoms with Gasteiger partial charge >= 0.3 is 23.9 Å². The zero-order valence-electron chi connectivity index (χ0n) is 15.4. The second-order valence-corrected chi connectivity index (χ2v) is 6.40. The molecule has 13 heteroatoms. The van der Waals surface area contributed by atoms with Crippen molar-refractivity contribution in [3.63, 3.8) is 0 Å². The number of hydrogen-bond acceptors (Lipinski definition) is 8. The van der Waals surface area contributed by atoms with Gasteiger partial charge in [0.2, 0.25) is 0 Å². The first-order valence-electron chi connectivity index (χ1n) is 8.24. The van der Waals surface area contributed by atoms with Gasteiger partial charge in [-0.1, -0.05) is 11.6 Å².